The lowest BCUT2D eigenvalue weighted by Crippen LogP contribution is -2.35. The van der Waals surface area contributed by atoms with Crippen LogP contribution in [0.5, 0.6) is 0 Å². The first kappa shape index (κ1) is 17.5. The molecule has 1 heterocycles. The van der Waals surface area contributed by atoms with Gasteiger partial charge in [0.1, 0.15) is 0 Å². The second kappa shape index (κ2) is 6.52. The molecular weight excluding hydrogens is 336 g/mol. The summed E-state index contributed by atoms with van der Waals surface area (Å²) in [5.74, 6) is -0.0520. The molecule has 0 fully saturated rings. The molecule has 0 aliphatic carbocycles. The maximum atomic E-state index is 13.0. The summed E-state index contributed by atoms with van der Waals surface area (Å²) < 4.78 is 24.7. The molecule has 2 aromatic rings. The number of hydrogen-bond donors (Lipinski definition) is 0. The lowest BCUT2D eigenvalue weighted by atomic mass is 10.0. The molecule has 25 heavy (non-hydrogen) atoms. The van der Waals surface area contributed by atoms with Crippen LogP contribution in [-0.2, 0) is 16.4 Å². The number of benzene rings is 2. The Balaban J connectivity index is 1.93. The normalized spacial score (nSPS) is 14.1. The van der Waals surface area contributed by atoms with E-state index in [9.17, 15) is 13.2 Å². The molecule has 0 atom stereocenters. The highest BCUT2D eigenvalue weighted by Crippen LogP contribution is 2.29. The van der Waals surface area contributed by atoms with Crippen molar-refractivity contribution in [3.05, 3.63) is 59.2 Å². The smallest absolute Gasteiger partial charge is 0.258 e. The summed E-state index contributed by atoms with van der Waals surface area (Å²) in [6.45, 7) is 2.51. The molecule has 1 aliphatic heterocycles. The number of anilines is 2. The van der Waals surface area contributed by atoms with E-state index in [0.29, 0.717) is 17.8 Å². The number of nitrogens with zero attached hydrogens (tertiary/aromatic N) is 2. The molecule has 6 heteroatoms. The molecule has 2 aromatic carbocycles. The monoisotopic (exact) mass is 358 g/mol. The summed E-state index contributed by atoms with van der Waals surface area (Å²) in [5, 5.41) is 0. The fourth-order valence-corrected chi connectivity index (χ4v) is 3.78. The van der Waals surface area contributed by atoms with Gasteiger partial charge in [0.05, 0.1) is 11.9 Å². The average molecular weight is 358 g/mol. The first-order valence-corrected chi connectivity index (χ1v) is 10.1. The minimum Gasteiger partial charge on any atom is -0.308 e. The second-order valence-electron chi connectivity index (χ2n) is 6.42. The van der Waals surface area contributed by atoms with Gasteiger partial charge in [-0.3, -0.25) is 9.10 Å². The van der Waals surface area contributed by atoms with E-state index in [0.717, 1.165) is 30.3 Å². The highest BCUT2D eigenvalue weighted by atomic mass is 32.2. The lowest BCUT2D eigenvalue weighted by Gasteiger charge is -2.30. The molecule has 0 spiro atoms. The van der Waals surface area contributed by atoms with Gasteiger partial charge in [0.2, 0.25) is 10.0 Å². The van der Waals surface area contributed by atoms with Gasteiger partial charge < -0.3 is 4.90 Å². The van der Waals surface area contributed by atoms with Crippen LogP contribution in [0.25, 0.3) is 0 Å². The molecule has 3 rings (SSSR count). The largest absolute Gasteiger partial charge is 0.308 e. The van der Waals surface area contributed by atoms with Gasteiger partial charge in [0.25, 0.3) is 5.91 Å². The SMILES string of the molecule is Cc1cc(C(=O)N2CCCc3ccccc32)ccc1N(C)S(C)(=O)=O. The molecule has 0 saturated carbocycles. The van der Waals surface area contributed by atoms with Gasteiger partial charge in [-0.25, -0.2) is 8.42 Å². The number of amides is 1. The number of fused-ring (bicyclic) bond motifs is 1. The predicted octanol–water partition coefficient (Wildman–Crippen LogP) is 2.98. The van der Waals surface area contributed by atoms with Gasteiger partial charge in [-0.2, -0.15) is 0 Å². The Kier molecular flexibility index (Phi) is 4.56. The molecule has 0 aromatic heterocycles. The summed E-state index contributed by atoms with van der Waals surface area (Å²) in [6, 6.07) is 13.1. The standard InChI is InChI=1S/C19H22N2O3S/c1-14-13-16(10-11-17(14)20(2)25(3,23)24)19(22)21-12-6-8-15-7-4-5-9-18(15)21/h4-5,7,9-11,13H,6,8,12H2,1-3H3. The molecule has 1 amide bonds. The van der Waals surface area contributed by atoms with Crippen LogP contribution in [0.2, 0.25) is 0 Å². The van der Waals surface area contributed by atoms with Gasteiger partial charge in [-0.15, -0.1) is 0 Å². The summed E-state index contributed by atoms with van der Waals surface area (Å²) in [6.07, 6.45) is 3.09. The number of sulfonamides is 1. The number of carbonyl (C=O) groups excluding carboxylic acids is 1. The van der Waals surface area contributed by atoms with Crippen LogP contribution in [0, 0.1) is 6.92 Å². The highest BCUT2D eigenvalue weighted by Gasteiger charge is 2.24. The molecule has 0 N–H and O–H groups in total. The molecule has 1 aliphatic rings. The molecule has 132 valence electrons. The van der Waals surface area contributed by atoms with Gasteiger partial charge in [0.15, 0.2) is 0 Å². The zero-order valence-electron chi connectivity index (χ0n) is 14.7. The quantitative estimate of drug-likeness (QED) is 0.847. The molecule has 0 radical (unpaired) electrons. The van der Waals surface area contributed by atoms with Crippen molar-refractivity contribution in [2.45, 2.75) is 19.8 Å². The topological polar surface area (TPSA) is 57.7 Å². The number of hydrogen-bond acceptors (Lipinski definition) is 3. The first-order chi connectivity index (χ1) is 11.8. The highest BCUT2D eigenvalue weighted by molar-refractivity contribution is 7.92. The van der Waals surface area contributed by atoms with E-state index in [4.69, 9.17) is 0 Å². The number of carbonyl (C=O) groups is 1. The summed E-state index contributed by atoms with van der Waals surface area (Å²) in [4.78, 5) is 14.8. The first-order valence-electron chi connectivity index (χ1n) is 8.23. The Morgan fingerprint density at radius 3 is 2.56 bits per heavy atom. The Morgan fingerprint density at radius 2 is 1.88 bits per heavy atom. The molecular formula is C19H22N2O3S. The van der Waals surface area contributed by atoms with Crippen molar-refractivity contribution in [1.82, 2.24) is 0 Å². The Morgan fingerprint density at radius 1 is 1.16 bits per heavy atom. The summed E-state index contributed by atoms with van der Waals surface area (Å²) in [7, 11) is -1.82. The number of para-hydroxylation sites is 1. The van der Waals surface area contributed by atoms with E-state index in [2.05, 4.69) is 6.07 Å². The van der Waals surface area contributed by atoms with Gasteiger partial charge >= 0.3 is 0 Å². The van der Waals surface area contributed by atoms with Gasteiger partial charge in [0, 0.05) is 24.8 Å². The maximum absolute atomic E-state index is 13.0. The van der Waals surface area contributed by atoms with Crippen molar-refractivity contribution in [2.24, 2.45) is 0 Å². The van der Waals surface area contributed by atoms with Crippen LogP contribution in [-0.4, -0.2) is 34.2 Å². The van der Waals surface area contributed by atoms with Gasteiger partial charge in [-0.05, 0) is 55.2 Å². The average Bonchev–Trinajstić information content (AvgIpc) is 2.59. The van der Waals surface area contributed by atoms with E-state index in [-0.39, 0.29) is 5.91 Å². The Bertz CT molecular complexity index is 922. The Hall–Kier alpha value is -2.34. The van der Waals surface area contributed by atoms with E-state index in [1.807, 2.05) is 30.0 Å². The van der Waals surface area contributed by atoms with Crippen molar-refractivity contribution in [3.63, 3.8) is 0 Å². The van der Waals surface area contributed by atoms with Crippen LogP contribution in [0.3, 0.4) is 0 Å². The lowest BCUT2D eigenvalue weighted by molar-refractivity contribution is 0.0985. The molecule has 5 nitrogen and oxygen atoms in total. The third-order valence-electron chi connectivity index (χ3n) is 4.64. The van der Waals surface area contributed by atoms with Crippen molar-refractivity contribution >= 4 is 27.3 Å². The third-order valence-corrected chi connectivity index (χ3v) is 5.83. The van der Waals surface area contributed by atoms with Gasteiger partial charge in [-0.1, -0.05) is 18.2 Å². The zero-order chi connectivity index (χ0) is 18.2. The van der Waals surface area contributed by atoms with Crippen molar-refractivity contribution < 1.29 is 13.2 Å². The van der Waals surface area contributed by atoms with E-state index in [1.165, 1.54) is 16.9 Å². The maximum Gasteiger partial charge on any atom is 0.258 e. The van der Waals surface area contributed by atoms with Crippen LogP contribution in [0.1, 0.15) is 27.9 Å². The van der Waals surface area contributed by atoms with Crippen LogP contribution >= 0.6 is 0 Å². The van der Waals surface area contributed by atoms with Crippen molar-refractivity contribution in [3.8, 4) is 0 Å². The Labute approximate surface area is 148 Å². The van der Waals surface area contributed by atoms with E-state index < -0.39 is 10.0 Å². The molecule has 0 unspecified atom stereocenters. The second-order valence-corrected chi connectivity index (χ2v) is 8.43. The molecule has 0 saturated heterocycles. The number of aryl methyl sites for hydroxylation is 2. The van der Waals surface area contributed by atoms with Crippen LogP contribution < -0.4 is 9.21 Å². The van der Waals surface area contributed by atoms with Crippen molar-refractivity contribution in [2.75, 3.05) is 29.1 Å². The minimum absolute atomic E-state index is 0.0520. The molecule has 0 bridgehead atoms. The fourth-order valence-electron chi connectivity index (χ4n) is 3.22. The summed E-state index contributed by atoms with van der Waals surface area (Å²) in [5.41, 5.74) is 4.06. The summed E-state index contributed by atoms with van der Waals surface area (Å²) >= 11 is 0. The predicted molar refractivity (Wildman–Crippen MR) is 101 cm³/mol. The fraction of sp³-hybridized carbons (Fsp3) is 0.316. The minimum atomic E-state index is -3.33. The van der Waals surface area contributed by atoms with E-state index >= 15 is 0 Å². The zero-order valence-corrected chi connectivity index (χ0v) is 15.5. The van der Waals surface area contributed by atoms with E-state index in [1.54, 1.807) is 18.2 Å². The number of rotatable bonds is 3. The van der Waals surface area contributed by atoms with Crippen LogP contribution in [0.4, 0.5) is 11.4 Å². The van der Waals surface area contributed by atoms with Crippen LogP contribution in [0.15, 0.2) is 42.5 Å². The van der Waals surface area contributed by atoms with Crippen molar-refractivity contribution in [1.29, 1.82) is 0 Å². The third kappa shape index (κ3) is 3.39.